The van der Waals surface area contributed by atoms with E-state index in [1.54, 1.807) is 0 Å². The molecule has 0 aromatic carbocycles. The third kappa shape index (κ3) is 2.01. The molecule has 1 heterocycles. The number of carbonyl (C=O) groups is 3. The summed E-state index contributed by atoms with van der Waals surface area (Å²) in [5.74, 6) is -1.63. The van der Waals surface area contributed by atoms with E-state index in [9.17, 15) is 14.4 Å². The molecular weight excluding hydrogens is 188 g/mol. The molecule has 1 aliphatic heterocycles. The summed E-state index contributed by atoms with van der Waals surface area (Å²) in [7, 11) is 0. The van der Waals surface area contributed by atoms with Crippen LogP contribution in [0.4, 0.5) is 4.79 Å². The highest BCUT2D eigenvalue weighted by atomic mass is 16.4. The highest BCUT2D eigenvalue weighted by molar-refractivity contribution is 6.05. The van der Waals surface area contributed by atoms with Crippen LogP contribution in [0.25, 0.3) is 0 Å². The fourth-order valence-electron chi connectivity index (χ4n) is 1.35. The van der Waals surface area contributed by atoms with E-state index in [4.69, 9.17) is 5.11 Å². The average molecular weight is 200 g/mol. The molecule has 78 valence electrons. The Hall–Kier alpha value is -1.59. The lowest BCUT2D eigenvalue weighted by Crippen LogP contribution is -2.36. The van der Waals surface area contributed by atoms with Crippen molar-refractivity contribution in [2.24, 2.45) is 0 Å². The van der Waals surface area contributed by atoms with Gasteiger partial charge in [-0.05, 0) is 6.42 Å². The summed E-state index contributed by atoms with van der Waals surface area (Å²) in [5.41, 5.74) is 0. The van der Waals surface area contributed by atoms with Gasteiger partial charge in [0.1, 0.15) is 12.6 Å². The van der Waals surface area contributed by atoms with Gasteiger partial charge in [-0.15, -0.1) is 0 Å². The van der Waals surface area contributed by atoms with Crippen molar-refractivity contribution in [3.8, 4) is 0 Å². The minimum Gasteiger partial charge on any atom is -0.480 e. The number of carbonyl (C=O) groups excluding carboxylic acids is 2. The van der Waals surface area contributed by atoms with Gasteiger partial charge in [0.05, 0.1) is 0 Å². The number of urea groups is 1. The summed E-state index contributed by atoms with van der Waals surface area (Å²) in [4.78, 5) is 33.6. The summed E-state index contributed by atoms with van der Waals surface area (Å²) in [6.07, 6.45) is 1.30. The SMILES string of the molecule is CCC[C@H]1NC(=O)N(CC(=O)O)C1=O. The zero-order valence-corrected chi connectivity index (χ0v) is 7.82. The molecule has 0 aromatic rings. The first-order valence-electron chi connectivity index (χ1n) is 4.40. The van der Waals surface area contributed by atoms with Crippen molar-refractivity contribution in [2.75, 3.05) is 6.54 Å². The van der Waals surface area contributed by atoms with Gasteiger partial charge in [0.15, 0.2) is 0 Å². The fraction of sp³-hybridized carbons (Fsp3) is 0.625. The molecular formula is C8H12N2O4. The second-order valence-electron chi connectivity index (χ2n) is 3.11. The summed E-state index contributed by atoms with van der Waals surface area (Å²) in [6, 6.07) is -1.16. The van der Waals surface area contributed by atoms with Crippen molar-refractivity contribution in [2.45, 2.75) is 25.8 Å². The van der Waals surface area contributed by atoms with E-state index in [0.29, 0.717) is 6.42 Å². The molecule has 1 aliphatic rings. The Kier molecular flexibility index (Phi) is 3.06. The van der Waals surface area contributed by atoms with Crippen LogP contribution in [0.1, 0.15) is 19.8 Å². The third-order valence-corrected chi connectivity index (χ3v) is 1.98. The van der Waals surface area contributed by atoms with E-state index in [0.717, 1.165) is 11.3 Å². The van der Waals surface area contributed by atoms with Gasteiger partial charge in [0.25, 0.3) is 5.91 Å². The fourth-order valence-corrected chi connectivity index (χ4v) is 1.35. The molecule has 0 aromatic heterocycles. The third-order valence-electron chi connectivity index (χ3n) is 1.98. The number of imide groups is 1. The first-order valence-corrected chi connectivity index (χ1v) is 4.40. The molecule has 0 bridgehead atoms. The van der Waals surface area contributed by atoms with Gasteiger partial charge in [0, 0.05) is 0 Å². The average Bonchev–Trinajstić information content (AvgIpc) is 2.33. The van der Waals surface area contributed by atoms with Gasteiger partial charge in [-0.3, -0.25) is 14.5 Å². The van der Waals surface area contributed by atoms with E-state index >= 15 is 0 Å². The second kappa shape index (κ2) is 4.08. The molecule has 6 nitrogen and oxygen atoms in total. The van der Waals surface area contributed by atoms with Crippen molar-refractivity contribution >= 4 is 17.9 Å². The Morgan fingerprint density at radius 3 is 2.71 bits per heavy atom. The summed E-state index contributed by atoms with van der Waals surface area (Å²) in [6.45, 7) is 1.32. The molecule has 1 saturated heterocycles. The van der Waals surface area contributed by atoms with Crippen molar-refractivity contribution in [1.29, 1.82) is 0 Å². The number of hydrogen-bond donors (Lipinski definition) is 2. The van der Waals surface area contributed by atoms with Crippen LogP contribution in [0.5, 0.6) is 0 Å². The smallest absolute Gasteiger partial charge is 0.325 e. The number of nitrogens with zero attached hydrogens (tertiary/aromatic N) is 1. The molecule has 14 heavy (non-hydrogen) atoms. The lowest BCUT2D eigenvalue weighted by atomic mass is 10.2. The summed E-state index contributed by atoms with van der Waals surface area (Å²) < 4.78 is 0. The normalized spacial score (nSPS) is 21.2. The zero-order chi connectivity index (χ0) is 10.7. The van der Waals surface area contributed by atoms with Gasteiger partial charge in [-0.2, -0.15) is 0 Å². The number of amides is 3. The van der Waals surface area contributed by atoms with Crippen LogP contribution in [0, 0.1) is 0 Å². The van der Waals surface area contributed by atoms with Crippen LogP contribution in [0.15, 0.2) is 0 Å². The predicted octanol–water partition coefficient (Wildman–Crippen LogP) is -0.209. The van der Waals surface area contributed by atoms with Crippen LogP contribution in [-0.2, 0) is 9.59 Å². The molecule has 0 unspecified atom stereocenters. The number of hydrogen-bond acceptors (Lipinski definition) is 3. The van der Waals surface area contributed by atoms with Crippen molar-refractivity contribution in [3.63, 3.8) is 0 Å². The highest BCUT2D eigenvalue weighted by Gasteiger charge is 2.38. The first kappa shape index (κ1) is 10.5. The van der Waals surface area contributed by atoms with Crippen LogP contribution < -0.4 is 5.32 Å². The van der Waals surface area contributed by atoms with Crippen LogP contribution in [0.2, 0.25) is 0 Å². The van der Waals surface area contributed by atoms with E-state index in [1.807, 2.05) is 6.92 Å². The molecule has 0 saturated carbocycles. The number of aliphatic carboxylic acids is 1. The minimum atomic E-state index is -1.19. The molecule has 1 fully saturated rings. The number of nitrogens with one attached hydrogen (secondary N) is 1. The molecule has 1 rings (SSSR count). The van der Waals surface area contributed by atoms with Crippen molar-refractivity contribution in [1.82, 2.24) is 10.2 Å². The Bertz CT molecular complexity index is 277. The van der Waals surface area contributed by atoms with Gasteiger partial charge >= 0.3 is 12.0 Å². The Morgan fingerprint density at radius 2 is 2.21 bits per heavy atom. The van der Waals surface area contributed by atoms with E-state index in [-0.39, 0.29) is 0 Å². The molecule has 2 N–H and O–H groups in total. The maximum absolute atomic E-state index is 11.4. The molecule has 6 heteroatoms. The van der Waals surface area contributed by atoms with Crippen LogP contribution in [0.3, 0.4) is 0 Å². The largest absolute Gasteiger partial charge is 0.480 e. The molecule has 3 amide bonds. The van der Waals surface area contributed by atoms with Crippen molar-refractivity contribution in [3.05, 3.63) is 0 Å². The van der Waals surface area contributed by atoms with Crippen LogP contribution in [-0.4, -0.2) is 40.5 Å². The number of carboxylic acid groups (broad SMARTS) is 1. The minimum absolute atomic E-state index is 0.445. The van der Waals surface area contributed by atoms with E-state index in [1.165, 1.54) is 0 Å². The van der Waals surface area contributed by atoms with Gasteiger partial charge in [-0.25, -0.2) is 4.79 Å². The summed E-state index contributed by atoms with van der Waals surface area (Å²) >= 11 is 0. The zero-order valence-electron chi connectivity index (χ0n) is 7.82. The lowest BCUT2D eigenvalue weighted by molar-refractivity contribution is -0.141. The highest BCUT2D eigenvalue weighted by Crippen LogP contribution is 2.10. The first-order chi connectivity index (χ1) is 6.56. The number of rotatable bonds is 4. The predicted molar refractivity (Wildman–Crippen MR) is 46.6 cm³/mol. The molecule has 0 spiro atoms. The van der Waals surface area contributed by atoms with Gasteiger partial charge in [0.2, 0.25) is 0 Å². The van der Waals surface area contributed by atoms with E-state index in [2.05, 4.69) is 5.32 Å². The van der Waals surface area contributed by atoms with Crippen molar-refractivity contribution < 1.29 is 19.5 Å². The molecule has 1 atom stereocenters. The Morgan fingerprint density at radius 1 is 1.57 bits per heavy atom. The Balaban J connectivity index is 2.65. The lowest BCUT2D eigenvalue weighted by Gasteiger charge is -2.08. The maximum atomic E-state index is 11.4. The number of carboxylic acids is 1. The maximum Gasteiger partial charge on any atom is 0.325 e. The second-order valence-corrected chi connectivity index (χ2v) is 3.11. The molecule has 0 radical (unpaired) electrons. The topological polar surface area (TPSA) is 86.7 Å². The Labute approximate surface area is 80.9 Å². The van der Waals surface area contributed by atoms with Gasteiger partial charge < -0.3 is 10.4 Å². The standard InChI is InChI=1S/C8H12N2O4/c1-2-3-5-7(13)10(4-6(11)12)8(14)9-5/h5H,2-4H2,1H3,(H,9,14)(H,11,12)/t5-/m1/s1. The summed E-state index contributed by atoms with van der Waals surface area (Å²) in [5, 5.41) is 10.9. The quantitative estimate of drug-likeness (QED) is 0.615. The molecule has 0 aliphatic carbocycles. The van der Waals surface area contributed by atoms with E-state index < -0.39 is 30.5 Å². The monoisotopic (exact) mass is 200 g/mol. The van der Waals surface area contributed by atoms with Crippen LogP contribution >= 0.6 is 0 Å². The van der Waals surface area contributed by atoms with Gasteiger partial charge in [-0.1, -0.05) is 13.3 Å².